The van der Waals surface area contributed by atoms with Crippen LogP contribution in [0.25, 0.3) is 0 Å². The number of anilines is 2. The highest BCUT2D eigenvalue weighted by atomic mass is 35.5. The van der Waals surface area contributed by atoms with Crippen LogP contribution in [0.4, 0.5) is 11.4 Å². The third kappa shape index (κ3) is 3.36. The normalized spacial score (nSPS) is 31.6. The SMILES string of the molecule is CC1CN(C)c2ccccc2N(C(=O)C2NNC3CCNCC32)C1.Cl. The zero-order valence-electron chi connectivity index (χ0n) is 14.9. The molecule has 0 saturated carbocycles. The average molecular weight is 366 g/mol. The van der Waals surface area contributed by atoms with Gasteiger partial charge in [0.05, 0.1) is 11.4 Å². The Morgan fingerprint density at radius 2 is 1.92 bits per heavy atom. The molecule has 0 spiro atoms. The van der Waals surface area contributed by atoms with Gasteiger partial charge >= 0.3 is 0 Å². The van der Waals surface area contributed by atoms with Gasteiger partial charge in [0.2, 0.25) is 5.91 Å². The van der Waals surface area contributed by atoms with Gasteiger partial charge in [0.15, 0.2) is 0 Å². The van der Waals surface area contributed by atoms with Gasteiger partial charge in [-0.2, -0.15) is 0 Å². The lowest BCUT2D eigenvalue weighted by Crippen LogP contribution is -2.51. The standard InChI is InChI=1S/C18H27N5O.ClH/c1-12-10-22(2)15-5-3-4-6-16(15)23(11-12)18(24)17-13-9-19-8-7-14(13)20-21-17;/h3-6,12-14,17,19-21H,7-11H2,1-2H3;1H. The molecule has 4 unspecified atom stereocenters. The van der Waals surface area contributed by atoms with Crippen molar-refractivity contribution in [2.75, 3.05) is 43.0 Å². The van der Waals surface area contributed by atoms with E-state index in [1.54, 1.807) is 0 Å². The summed E-state index contributed by atoms with van der Waals surface area (Å²) in [5, 5.41) is 3.43. The van der Waals surface area contributed by atoms with Gasteiger partial charge < -0.3 is 15.1 Å². The van der Waals surface area contributed by atoms with Crippen LogP contribution in [0.5, 0.6) is 0 Å². The maximum atomic E-state index is 13.4. The Kier molecular flexibility index (Phi) is 5.53. The number of hydrazine groups is 1. The summed E-state index contributed by atoms with van der Waals surface area (Å²) in [5.41, 5.74) is 8.79. The first-order valence-electron chi connectivity index (χ1n) is 8.98. The summed E-state index contributed by atoms with van der Waals surface area (Å²) in [6.45, 7) is 5.86. The van der Waals surface area contributed by atoms with E-state index in [1.165, 1.54) is 0 Å². The van der Waals surface area contributed by atoms with Crippen LogP contribution in [0.15, 0.2) is 24.3 Å². The van der Waals surface area contributed by atoms with Gasteiger partial charge in [-0.15, -0.1) is 12.4 Å². The minimum absolute atomic E-state index is 0. The molecule has 0 bridgehead atoms. The minimum atomic E-state index is -0.161. The summed E-state index contributed by atoms with van der Waals surface area (Å²) in [6, 6.07) is 8.48. The first-order chi connectivity index (χ1) is 11.6. The van der Waals surface area contributed by atoms with Crippen LogP contribution in [0.2, 0.25) is 0 Å². The Bertz CT molecular complexity index is 627. The van der Waals surface area contributed by atoms with E-state index in [9.17, 15) is 4.79 Å². The number of para-hydroxylation sites is 2. The van der Waals surface area contributed by atoms with E-state index in [1.807, 2.05) is 17.0 Å². The molecular formula is C18H28ClN5O. The molecule has 1 aromatic carbocycles. The molecule has 3 aliphatic rings. The van der Waals surface area contributed by atoms with Crippen molar-refractivity contribution in [3.05, 3.63) is 24.3 Å². The van der Waals surface area contributed by atoms with Gasteiger partial charge in [-0.3, -0.25) is 10.2 Å². The average Bonchev–Trinajstić information content (AvgIpc) is 2.97. The molecule has 6 nitrogen and oxygen atoms in total. The third-order valence-corrected chi connectivity index (χ3v) is 5.58. The van der Waals surface area contributed by atoms with E-state index < -0.39 is 0 Å². The largest absolute Gasteiger partial charge is 0.373 e. The summed E-state index contributed by atoms with van der Waals surface area (Å²) in [6.07, 6.45) is 1.07. The van der Waals surface area contributed by atoms with Crippen LogP contribution in [-0.2, 0) is 4.79 Å². The summed E-state index contributed by atoms with van der Waals surface area (Å²) in [5.74, 6) is 0.934. The molecule has 0 radical (unpaired) electrons. The molecular weight excluding hydrogens is 338 g/mol. The second-order valence-electron chi connectivity index (χ2n) is 7.45. The number of nitrogens with zero attached hydrogens (tertiary/aromatic N) is 2. The molecule has 1 aromatic rings. The summed E-state index contributed by atoms with van der Waals surface area (Å²) < 4.78 is 0. The molecule has 4 atom stereocenters. The molecule has 3 N–H and O–H groups in total. The van der Waals surface area contributed by atoms with E-state index in [4.69, 9.17) is 0 Å². The van der Waals surface area contributed by atoms with Crippen LogP contribution < -0.4 is 26.0 Å². The number of rotatable bonds is 1. The van der Waals surface area contributed by atoms with Gasteiger partial charge in [0.1, 0.15) is 6.04 Å². The monoisotopic (exact) mass is 365 g/mol. The highest BCUT2D eigenvalue weighted by Crippen LogP contribution is 2.34. The predicted molar refractivity (Wildman–Crippen MR) is 103 cm³/mol. The number of piperidine rings is 1. The number of hydrogen-bond acceptors (Lipinski definition) is 5. The van der Waals surface area contributed by atoms with Crippen LogP contribution >= 0.6 is 12.4 Å². The van der Waals surface area contributed by atoms with E-state index >= 15 is 0 Å². The maximum Gasteiger partial charge on any atom is 0.245 e. The maximum absolute atomic E-state index is 13.4. The number of carbonyl (C=O) groups excluding carboxylic acids is 1. The van der Waals surface area contributed by atoms with E-state index in [-0.39, 0.29) is 24.4 Å². The minimum Gasteiger partial charge on any atom is -0.373 e. The number of carbonyl (C=O) groups is 1. The summed E-state index contributed by atoms with van der Waals surface area (Å²) in [7, 11) is 2.11. The predicted octanol–water partition coefficient (Wildman–Crippen LogP) is 0.982. The highest BCUT2D eigenvalue weighted by molar-refractivity contribution is 6.00. The molecule has 0 aromatic heterocycles. The lowest BCUT2D eigenvalue weighted by molar-refractivity contribution is -0.121. The number of nitrogens with one attached hydrogen (secondary N) is 3. The fourth-order valence-corrected chi connectivity index (χ4v) is 4.39. The van der Waals surface area contributed by atoms with Crippen molar-refractivity contribution in [2.24, 2.45) is 11.8 Å². The smallest absolute Gasteiger partial charge is 0.245 e. The summed E-state index contributed by atoms with van der Waals surface area (Å²) in [4.78, 5) is 17.7. The topological polar surface area (TPSA) is 59.6 Å². The fraction of sp³-hybridized carbons (Fsp3) is 0.611. The molecule has 1 amide bonds. The Hall–Kier alpha value is -1.34. The van der Waals surface area contributed by atoms with Crippen molar-refractivity contribution in [3.8, 4) is 0 Å². The third-order valence-electron chi connectivity index (χ3n) is 5.58. The van der Waals surface area contributed by atoms with Gasteiger partial charge in [-0.1, -0.05) is 19.1 Å². The van der Waals surface area contributed by atoms with Crippen molar-refractivity contribution in [3.63, 3.8) is 0 Å². The van der Waals surface area contributed by atoms with Crippen LogP contribution in [-0.4, -0.2) is 51.2 Å². The Morgan fingerprint density at radius 3 is 2.72 bits per heavy atom. The van der Waals surface area contributed by atoms with Gasteiger partial charge in [0, 0.05) is 38.6 Å². The van der Waals surface area contributed by atoms with Crippen LogP contribution in [0, 0.1) is 11.8 Å². The van der Waals surface area contributed by atoms with E-state index in [0.29, 0.717) is 17.9 Å². The zero-order valence-corrected chi connectivity index (χ0v) is 15.7. The highest BCUT2D eigenvalue weighted by Gasteiger charge is 2.43. The number of hydrogen-bond donors (Lipinski definition) is 3. The quantitative estimate of drug-likeness (QED) is 0.692. The van der Waals surface area contributed by atoms with Gasteiger partial charge in [-0.05, 0) is 31.0 Å². The van der Waals surface area contributed by atoms with Gasteiger partial charge in [0.25, 0.3) is 0 Å². The van der Waals surface area contributed by atoms with Crippen molar-refractivity contribution >= 4 is 29.7 Å². The Balaban J connectivity index is 0.00000182. The van der Waals surface area contributed by atoms with Crippen molar-refractivity contribution in [1.29, 1.82) is 0 Å². The Morgan fingerprint density at radius 1 is 1.16 bits per heavy atom. The van der Waals surface area contributed by atoms with E-state index in [2.05, 4.69) is 47.2 Å². The number of benzene rings is 1. The molecule has 138 valence electrons. The summed E-state index contributed by atoms with van der Waals surface area (Å²) >= 11 is 0. The first-order valence-corrected chi connectivity index (χ1v) is 8.98. The molecule has 2 fully saturated rings. The molecule has 3 aliphatic heterocycles. The number of halogens is 1. The lowest BCUT2D eigenvalue weighted by atomic mass is 9.88. The van der Waals surface area contributed by atoms with Crippen molar-refractivity contribution in [2.45, 2.75) is 25.4 Å². The van der Waals surface area contributed by atoms with Crippen molar-refractivity contribution in [1.82, 2.24) is 16.2 Å². The van der Waals surface area contributed by atoms with Crippen LogP contribution in [0.3, 0.4) is 0 Å². The molecule has 7 heteroatoms. The van der Waals surface area contributed by atoms with E-state index in [0.717, 1.165) is 44.0 Å². The molecule has 25 heavy (non-hydrogen) atoms. The van der Waals surface area contributed by atoms with Crippen molar-refractivity contribution < 1.29 is 4.79 Å². The molecule has 3 heterocycles. The second-order valence-corrected chi connectivity index (χ2v) is 7.45. The molecule has 0 aliphatic carbocycles. The van der Waals surface area contributed by atoms with Crippen LogP contribution in [0.1, 0.15) is 13.3 Å². The molecule has 2 saturated heterocycles. The lowest BCUT2D eigenvalue weighted by Gasteiger charge is -2.31. The number of fused-ring (bicyclic) bond motifs is 2. The first kappa shape index (κ1) is 18.5. The molecule has 4 rings (SSSR count). The fourth-order valence-electron chi connectivity index (χ4n) is 4.39. The second kappa shape index (κ2) is 7.50. The zero-order chi connectivity index (χ0) is 16.7. The van der Waals surface area contributed by atoms with Gasteiger partial charge in [-0.25, -0.2) is 5.43 Å². The Labute approximate surface area is 155 Å². The number of amides is 1.